The van der Waals surface area contributed by atoms with Crippen molar-refractivity contribution in [2.24, 2.45) is 0 Å². The smallest absolute Gasteiger partial charge is 0.326 e. The van der Waals surface area contributed by atoms with Crippen LogP contribution in [0.1, 0.15) is 16.1 Å². The fourth-order valence-corrected chi connectivity index (χ4v) is 2.62. The number of carboxylic acids is 1. The van der Waals surface area contributed by atoms with E-state index in [1.54, 1.807) is 11.3 Å². The minimum Gasteiger partial charge on any atom is -0.480 e. The summed E-state index contributed by atoms with van der Waals surface area (Å²) in [5.74, 6) is -1.09. The van der Waals surface area contributed by atoms with Gasteiger partial charge in [0.1, 0.15) is 6.04 Å². The van der Waals surface area contributed by atoms with Crippen molar-refractivity contribution < 1.29 is 14.7 Å². The Hall–Kier alpha value is -2.35. The van der Waals surface area contributed by atoms with Crippen molar-refractivity contribution in [3.63, 3.8) is 0 Å². The Balaban J connectivity index is 1.86. The zero-order valence-electron chi connectivity index (χ0n) is 11.4. The van der Waals surface area contributed by atoms with Crippen LogP contribution in [0.2, 0.25) is 0 Å². The van der Waals surface area contributed by atoms with Crippen LogP contribution in [0.4, 0.5) is 4.79 Å². The van der Waals surface area contributed by atoms with Gasteiger partial charge in [-0.15, -0.1) is 11.3 Å². The first kappa shape index (κ1) is 15.0. The summed E-state index contributed by atoms with van der Waals surface area (Å²) in [5, 5.41) is 16.2. The largest absolute Gasteiger partial charge is 0.480 e. The molecule has 2 amide bonds. The van der Waals surface area contributed by atoms with Crippen molar-refractivity contribution in [3.8, 4) is 0 Å². The molecule has 0 spiro atoms. The molecule has 8 heteroatoms. The minimum absolute atomic E-state index is 0.154. The van der Waals surface area contributed by atoms with Gasteiger partial charge in [-0.1, -0.05) is 0 Å². The number of aromatic amines is 1. The summed E-state index contributed by atoms with van der Waals surface area (Å²) in [6.07, 6.45) is 3.15. The number of nitrogens with one attached hydrogen (secondary N) is 3. The second kappa shape index (κ2) is 6.89. The molecule has 7 nitrogen and oxygen atoms in total. The number of aryl methyl sites for hydroxylation is 1. The Morgan fingerprint density at radius 2 is 2.33 bits per heavy atom. The molecule has 4 N–H and O–H groups in total. The summed E-state index contributed by atoms with van der Waals surface area (Å²) >= 11 is 1.55. The summed E-state index contributed by atoms with van der Waals surface area (Å²) in [4.78, 5) is 30.6. The maximum Gasteiger partial charge on any atom is 0.326 e. The van der Waals surface area contributed by atoms with Crippen LogP contribution in [0.25, 0.3) is 0 Å². The fraction of sp³-hybridized carbons (Fsp3) is 0.308. The fourth-order valence-electron chi connectivity index (χ4n) is 1.77. The maximum atomic E-state index is 11.8. The van der Waals surface area contributed by atoms with Crippen LogP contribution in [-0.4, -0.2) is 33.1 Å². The summed E-state index contributed by atoms with van der Waals surface area (Å²) in [6.45, 7) is 2.34. The highest BCUT2D eigenvalue weighted by Crippen LogP contribution is 2.14. The number of urea groups is 1. The molecule has 0 bridgehead atoms. The van der Waals surface area contributed by atoms with Crippen LogP contribution < -0.4 is 10.6 Å². The van der Waals surface area contributed by atoms with Crippen molar-refractivity contribution in [1.29, 1.82) is 0 Å². The van der Waals surface area contributed by atoms with Crippen LogP contribution in [0.5, 0.6) is 0 Å². The summed E-state index contributed by atoms with van der Waals surface area (Å²) < 4.78 is 0. The SMILES string of the molecule is Cc1ccsc1CNC(=O)N[C@H](Cc1cnc[nH]1)C(=O)O. The van der Waals surface area contributed by atoms with Crippen molar-refractivity contribution in [1.82, 2.24) is 20.6 Å². The van der Waals surface area contributed by atoms with Crippen LogP contribution in [-0.2, 0) is 17.8 Å². The predicted molar refractivity (Wildman–Crippen MR) is 78.1 cm³/mol. The predicted octanol–water partition coefficient (Wildman–Crippen LogP) is 1.27. The third kappa shape index (κ3) is 4.32. The average molecular weight is 308 g/mol. The van der Waals surface area contributed by atoms with E-state index < -0.39 is 18.0 Å². The molecule has 0 unspecified atom stereocenters. The molecule has 0 fully saturated rings. The molecule has 0 aliphatic heterocycles. The molecule has 112 valence electrons. The van der Waals surface area contributed by atoms with E-state index in [4.69, 9.17) is 5.11 Å². The maximum absolute atomic E-state index is 11.8. The lowest BCUT2D eigenvalue weighted by Gasteiger charge is -2.14. The van der Waals surface area contributed by atoms with E-state index in [1.165, 1.54) is 12.5 Å². The molecule has 0 aliphatic carbocycles. The second-order valence-electron chi connectivity index (χ2n) is 4.53. The highest BCUT2D eigenvalue weighted by atomic mass is 32.1. The van der Waals surface area contributed by atoms with Gasteiger partial charge in [-0.05, 0) is 23.9 Å². The average Bonchev–Trinajstić information content (AvgIpc) is 3.07. The molecule has 0 radical (unpaired) electrons. The summed E-state index contributed by atoms with van der Waals surface area (Å²) in [5.41, 5.74) is 1.75. The van der Waals surface area contributed by atoms with Crippen LogP contribution in [0.3, 0.4) is 0 Å². The molecule has 0 saturated heterocycles. The number of H-pyrrole nitrogens is 1. The van der Waals surface area contributed by atoms with Crippen molar-refractivity contribution in [3.05, 3.63) is 40.1 Å². The molecular formula is C13H16N4O3S. The van der Waals surface area contributed by atoms with Gasteiger partial charge >= 0.3 is 12.0 Å². The molecule has 21 heavy (non-hydrogen) atoms. The third-order valence-corrected chi connectivity index (χ3v) is 3.98. The molecule has 0 aliphatic rings. The number of carbonyl (C=O) groups excluding carboxylic acids is 1. The van der Waals surface area contributed by atoms with Gasteiger partial charge in [0.05, 0.1) is 12.9 Å². The number of rotatable bonds is 6. The van der Waals surface area contributed by atoms with E-state index in [1.807, 2.05) is 18.4 Å². The Morgan fingerprint density at radius 1 is 1.52 bits per heavy atom. The summed E-state index contributed by atoms with van der Waals surface area (Å²) in [7, 11) is 0. The standard InChI is InChI=1S/C13H16N4O3S/c1-8-2-3-21-11(8)6-15-13(20)17-10(12(18)19)4-9-5-14-7-16-9/h2-3,5,7,10H,4,6H2,1H3,(H,14,16)(H,18,19)(H2,15,17,20)/t10-/m1/s1. The molecule has 0 saturated carbocycles. The number of aliphatic carboxylic acids is 1. The van der Waals surface area contributed by atoms with Gasteiger partial charge in [-0.2, -0.15) is 0 Å². The Morgan fingerprint density at radius 3 is 2.90 bits per heavy atom. The highest BCUT2D eigenvalue weighted by molar-refractivity contribution is 7.10. The molecule has 2 heterocycles. The number of hydrogen-bond acceptors (Lipinski definition) is 4. The Bertz CT molecular complexity index is 609. The highest BCUT2D eigenvalue weighted by Gasteiger charge is 2.20. The number of aromatic nitrogens is 2. The van der Waals surface area contributed by atoms with E-state index in [9.17, 15) is 9.59 Å². The first-order valence-corrected chi connectivity index (χ1v) is 7.21. The molecule has 0 aromatic carbocycles. The van der Waals surface area contributed by atoms with Crippen LogP contribution >= 0.6 is 11.3 Å². The van der Waals surface area contributed by atoms with Gasteiger partial charge in [-0.25, -0.2) is 14.6 Å². The van der Waals surface area contributed by atoms with Gasteiger partial charge in [0.25, 0.3) is 0 Å². The van der Waals surface area contributed by atoms with Gasteiger partial charge in [0.2, 0.25) is 0 Å². The number of hydrogen-bond donors (Lipinski definition) is 4. The molecule has 2 aromatic heterocycles. The Labute approximate surface area is 125 Å². The zero-order valence-corrected chi connectivity index (χ0v) is 12.2. The van der Waals surface area contributed by atoms with Crippen molar-refractivity contribution in [2.45, 2.75) is 25.9 Å². The zero-order chi connectivity index (χ0) is 15.2. The van der Waals surface area contributed by atoms with Gasteiger partial charge < -0.3 is 20.7 Å². The third-order valence-electron chi connectivity index (χ3n) is 2.96. The quantitative estimate of drug-likeness (QED) is 0.644. The normalized spacial score (nSPS) is 11.9. The van der Waals surface area contributed by atoms with E-state index in [0.717, 1.165) is 10.4 Å². The number of imidazole rings is 1. The Kier molecular flexibility index (Phi) is 4.94. The van der Waals surface area contributed by atoms with E-state index in [-0.39, 0.29) is 6.42 Å². The molecule has 2 rings (SSSR count). The monoisotopic (exact) mass is 308 g/mol. The van der Waals surface area contributed by atoms with E-state index >= 15 is 0 Å². The van der Waals surface area contributed by atoms with Gasteiger partial charge in [0, 0.05) is 23.2 Å². The first-order valence-electron chi connectivity index (χ1n) is 6.33. The lowest BCUT2D eigenvalue weighted by molar-refractivity contribution is -0.139. The number of amides is 2. The first-order chi connectivity index (χ1) is 10.1. The number of nitrogens with zero attached hydrogens (tertiary/aromatic N) is 1. The van der Waals surface area contributed by atoms with Crippen LogP contribution in [0.15, 0.2) is 24.0 Å². The van der Waals surface area contributed by atoms with E-state index in [0.29, 0.717) is 12.2 Å². The number of carbonyl (C=O) groups is 2. The molecular weight excluding hydrogens is 292 g/mol. The van der Waals surface area contributed by atoms with E-state index in [2.05, 4.69) is 20.6 Å². The van der Waals surface area contributed by atoms with Crippen molar-refractivity contribution >= 4 is 23.3 Å². The number of carboxylic acid groups (broad SMARTS) is 1. The second-order valence-corrected chi connectivity index (χ2v) is 5.53. The lowest BCUT2D eigenvalue weighted by Crippen LogP contribution is -2.46. The minimum atomic E-state index is -1.09. The van der Waals surface area contributed by atoms with Gasteiger partial charge in [-0.3, -0.25) is 0 Å². The lowest BCUT2D eigenvalue weighted by atomic mass is 10.2. The van der Waals surface area contributed by atoms with Crippen molar-refractivity contribution in [2.75, 3.05) is 0 Å². The molecule has 2 aromatic rings. The summed E-state index contributed by atoms with van der Waals surface area (Å²) in [6, 6.07) is 0.460. The topological polar surface area (TPSA) is 107 Å². The van der Waals surface area contributed by atoms with Crippen LogP contribution in [0, 0.1) is 6.92 Å². The molecule has 1 atom stereocenters. The number of thiophene rings is 1. The van der Waals surface area contributed by atoms with Gasteiger partial charge in [0.15, 0.2) is 0 Å².